The fraction of sp³-hybridized carbons (Fsp3) is 0.645. The van der Waals surface area contributed by atoms with E-state index in [1.54, 1.807) is 0 Å². The van der Waals surface area contributed by atoms with Gasteiger partial charge < -0.3 is 21.3 Å². The molecule has 0 heterocycles. The van der Waals surface area contributed by atoms with Crippen LogP contribution in [0.4, 0.5) is 13.2 Å². The quantitative estimate of drug-likeness (QED) is 0.347. The number of alkyl halides is 3. The lowest BCUT2D eigenvalue weighted by atomic mass is 9.52. The molecule has 5 rings (SSSR count). The third kappa shape index (κ3) is 4.96. The molecule has 0 spiro atoms. The summed E-state index contributed by atoms with van der Waals surface area (Å²) in [6, 6.07) is -0.458. The minimum atomic E-state index is -4.91. The van der Waals surface area contributed by atoms with E-state index in [4.69, 9.17) is 5.73 Å². The van der Waals surface area contributed by atoms with Crippen molar-refractivity contribution >= 4 is 29.0 Å². The smallest absolute Gasteiger partial charge is 0.417 e. The predicted molar refractivity (Wildman–Crippen MR) is 149 cm³/mol. The molecule has 5 N–H and O–H groups in total. The number of nitrogens with two attached hydrogens (primary N) is 1. The molecule has 3 fully saturated rings. The lowest BCUT2D eigenvalue weighted by molar-refractivity contribution is -0.181. The van der Waals surface area contributed by atoms with Gasteiger partial charge in [0.25, 0.3) is 0 Å². The van der Waals surface area contributed by atoms with E-state index in [9.17, 15) is 47.4 Å². The van der Waals surface area contributed by atoms with Gasteiger partial charge in [-0.2, -0.15) is 13.2 Å². The van der Waals surface area contributed by atoms with Gasteiger partial charge in [0.1, 0.15) is 5.75 Å². The first-order valence-corrected chi connectivity index (χ1v) is 14.9. The summed E-state index contributed by atoms with van der Waals surface area (Å²) in [7, 11) is 2.86. The summed E-state index contributed by atoms with van der Waals surface area (Å²) in [5, 5.41) is 25.7. The fourth-order valence-electron chi connectivity index (χ4n) is 8.32. The first kappa shape index (κ1) is 32.2. The Labute approximate surface area is 252 Å². The van der Waals surface area contributed by atoms with Gasteiger partial charge in [0.15, 0.2) is 34.7 Å². The summed E-state index contributed by atoms with van der Waals surface area (Å²) in [6.45, 7) is 2.34. The van der Waals surface area contributed by atoms with Crippen molar-refractivity contribution < 1.29 is 47.4 Å². The maximum absolute atomic E-state index is 14.7. The zero-order valence-electron chi connectivity index (χ0n) is 24.9. The number of nitrogens with one attached hydrogen (secondary N) is 1. The number of phenolic OH excluding ortho intramolecular Hbond substituents is 1. The monoisotopic (exact) mass is 621 g/mol. The minimum absolute atomic E-state index is 0.0687. The Hall–Kier alpha value is -3.16. The van der Waals surface area contributed by atoms with Crippen LogP contribution >= 0.6 is 0 Å². The number of aromatic hydroxyl groups is 1. The van der Waals surface area contributed by atoms with E-state index in [0.29, 0.717) is 6.54 Å². The number of amides is 1. The van der Waals surface area contributed by atoms with Gasteiger partial charge in [-0.05, 0) is 68.3 Å². The average Bonchev–Trinajstić information content (AvgIpc) is 2.89. The molecular weight excluding hydrogens is 583 g/mol. The van der Waals surface area contributed by atoms with Crippen LogP contribution in [0.2, 0.25) is 0 Å². The number of nitrogens with zero attached hydrogens (tertiary/aromatic N) is 1. The highest BCUT2D eigenvalue weighted by molar-refractivity contribution is 6.32. The summed E-state index contributed by atoms with van der Waals surface area (Å²) < 4.78 is 44.1. The van der Waals surface area contributed by atoms with Crippen LogP contribution in [0, 0.1) is 29.1 Å². The predicted octanol–water partition coefficient (Wildman–Crippen LogP) is 1.95. The number of likely N-dealkylation sites (N-methyl/N-ethyl adjacent to an activating group) is 1. The van der Waals surface area contributed by atoms with E-state index >= 15 is 0 Å². The second-order valence-electron chi connectivity index (χ2n) is 13.5. The molecule has 1 aromatic carbocycles. The largest absolute Gasteiger partial charge is 0.507 e. The highest BCUT2D eigenvalue weighted by Gasteiger charge is 2.69. The molecule has 0 aromatic heterocycles. The molecule has 10 nitrogen and oxygen atoms in total. The molecule has 4 aliphatic rings. The number of benzene rings is 1. The van der Waals surface area contributed by atoms with E-state index in [1.165, 1.54) is 19.0 Å². The summed E-state index contributed by atoms with van der Waals surface area (Å²) in [5.41, 5.74) is -0.147. The molecule has 1 aromatic rings. The molecule has 0 bridgehead atoms. The number of halogens is 3. The standard InChI is InChI=1S/C31H38F3N3O7/c1-29(7-5-4-6-8-29)13-36-12-15-11-18(38)20-16(22(15)31(32,33)34)9-14-10-17-23(37(2)3)25(40)21(28(35)43)27(42)30(17,44)26(41)19(14)24(20)39/h11,14,17,19,21,23,36,38,44H,4-10,12-13H2,1-3H3,(H2,35,43)/t14-,17-,19?,21?,23-,30-/m0/s1. The van der Waals surface area contributed by atoms with Gasteiger partial charge in [-0.15, -0.1) is 0 Å². The van der Waals surface area contributed by atoms with Crippen LogP contribution in [0.25, 0.3) is 0 Å². The van der Waals surface area contributed by atoms with E-state index in [1.807, 2.05) is 0 Å². The Balaban J connectivity index is 1.56. The Morgan fingerprint density at radius 2 is 1.75 bits per heavy atom. The van der Waals surface area contributed by atoms with Gasteiger partial charge in [0.2, 0.25) is 5.91 Å². The van der Waals surface area contributed by atoms with Crippen LogP contribution in [-0.2, 0) is 38.3 Å². The molecule has 0 radical (unpaired) electrons. The lowest BCUT2D eigenvalue weighted by Gasteiger charge is -2.52. The molecule has 2 unspecified atom stereocenters. The maximum atomic E-state index is 14.7. The normalized spacial score (nSPS) is 31.9. The minimum Gasteiger partial charge on any atom is -0.507 e. The molecule has 0 aliphatic heterocycles. The fourth-order valence-corrected chi connectivity index (χ4v) is 8.32. The number of aliphatic hydroxyl groups is 1. The third-order valence-corrected chi connectivity index (χ3v) is 10.4. The van der Waals surface area contributed by atoms with Gasteiger partial charge in [-0.25, -0.2) is 0 Å². The summed E-state index contributed by atoms with van der Waals surface area (Å²) >= 11 is 0. The van der Waals surface area contributed by atoms with Gasteiger partial charge >= 0.3 is 6.18 Å². The van der Waals surface area contributed by atoms with Gasteiger partial charge in [-0.1, -0.05) is 26.2 Å². The van der Waals surface area contributed by atoms with E-state index < -0.39 is 99.4 Å². The molecule has 4 aliphatic carbocycles. The van der Waals surface area contributed by atoms with E-state index in [-0.39, 0.29) is 23.9 Å². The molecule has 13 heteroatoms. The second kappa shape index (κ2) is 11.0. The topological polar surface area (TPSA) is 167 Å². The SMILES string of the molecule is CN(C)[C@@H]1C(=O)C(C(N)=O)C(=O)[C@@]2(O)C(=O)C3C(=O)c4c(O)cc(CNCC5(C)CCCCC5)c(C(F)(F)F)c4C[C@H]3C[C@@H]12. The van der Waals surface area contributed by atoms with Crippen molar-refractivity contribution in [2.75, 3.05) is 20.6 Å². The summed E-state index contributed by atoms with van der Waals surface area (Å²) in [5.74, 6) is -13.3. The number of Topliss-reactive ketones (excluding diaryl/α,β-unsaturated/α-hetero) is 4. The second-order valence-corrected chi connectivity index (χ2v) is 13.5. The summed E-state index contributed by atoms with van der Waals surface area (Å²) in [4.78, 5) is 67.7. The average molecular weight is 622 g/mol. The van der Waals surface area contributed by atoms with Crippen LogP contribution in [0.1, 0.15) is 72.5 Å². The molecule has 240 valence electrons. The molecule has 6 atom stereocenters. The van der Waals surface area contributed by atoms with Crippen molar-refractivity contribution in [3.63, 3.8) is 0 Å². The molecule has 1 amide bonds. The molecular formula is C31H38F3N3O7. The zero-order valence-corrected chi connectivity index (χ0v) is 24.9. The highest BCUT2D eigenvalue weighted by Crippen LogP contribution is 2.52. The zero-order chi connectivity index (χ0) is 32.5. The van der Waals surface area contributed by atoms with Crippen LogP contribution in [0.3, 0.4) is 0 Å². The van der Waals surface area contributed by atoms with Crippen molar-refractivity contribution in [1.82, 2.24) is 10.2 Å². The van der Waals surface area contributed by atoms with Crippen molar-refractivity contribution in [2.24, 2.45) is 34.8 Å². The number of primary amides is 1. The lowest BCUT2D eigenvalue weighted by Crippen LogP contribution is -2.74. The molecule has 0 saturated heterocycles. The third-order valence-electron chi connectivity index (χ3n) is 10.4. The Bertz CT molecular complexity index is 1440. The Morgan fingerprint density at radius 3 is 2.32 bits per heavy atom. The Morgan fingerprint density at radius 1 is 1.11 bits per heavy atom. The van der Waals surface area contributed by atoms with Crippen molar-refractivity contribution in [1.29, 1.82) is 0 Å². The number of ketones is 4. The van der Waals surface area contributed by atoms with Gasteiger partial charge in [0, 0.05) is 19.0 Å². The number of phenols is 1. The first-order valence-electron chi connectivity index (χ1n) is 14.9. The van der Waals surface area contributed by atoms with Gasteiger partial charge in [0.05, 0.1) is 23.1 Å². The number of rotatable bonds is 6. The van der Waals surface area contributed by atoms with Crippen molar-refractivity contribution in [3.8, 4) is 5.75 Å². The van der Waals surface area contributed by atoms with E-state index in [0.717, 1.165) is 38.2 Å². The molecule has 44 heavy (non-hydrogen) atoms. The number of carbonyl (C=O) groups is 5. The van der Waals surface area contributed by atoms with Gasteiger partial charge in [-0.3, -0.25) is 28.9 Å². The summed E-state index contributed by atoms with van der Waals surface area (Å²) in [6.07, 6.45) is -0.608. The van der Waals surface area contributed by atoms with Crippen LogP contribution in [0.15, 0.2) is 6.07 Å². The first-order chi connectivity index (χ1) is 20.4. The maximum Gasteiger partial charge on any atom is 0.417 e. The van der Waals surface area contributed by atoms with Crippen LogP contribution in [-0.4, -0.2) is 76.4 Å². The number of carbonyl (C=O) groups excluding carboxylic acids is 5. The van der Waals surface area contributed by atoms with E-state index in [2.05, 4.69) is 12.2 Å². The van der Waals surface area contributed by atoms with Crippen molar-refractivity contribution in [3.05, 3.63) is 28.3 Å². The number of hydrogen-bond donors (Lipinski definition) is 4. The highest BCUT2D eigenvalue weighted by atomic mass is 19.4. The van der Waals surface area contributed by atoms with Crippen LogP contribution < -0.4 is 11.1 Å². The van der Waals surface area contributed by atoms with Crippen molar-refractivity contribution in [2.45, 2.75) is 76.2 Å². The number of fused-ring (bicyclic) bond motifs is 3. The van der Waals surface area contributed by atoms with Crippen LogP contribution in [0.5, 0.6) is 5.75 Å². The number of hydrogen-bond acceptors (Lipinski definition) is 9. The molecule has 3 saturated carbocycles. The Kier molecular flexibility index (Phi) is 8.08.